The van der Waals surface area contributed by atoms with Crippen LogP contribution < -0.4 is 10.1 Å². The molecule has 2 atom stereocenters. The molecule has 0 bridgehead atoms. The van der Waals surface area contributed by atoms with Gasteiger partial charge in [-0.05, 0) is 50.9 Å². The van der Waals surface area contributed by atoms with Gasteiger partial charge in [0.1, 0.15) is 11.6 Å². The van der Waals surface area contributed by atoms with Gasteiger partial charge >= 0.3 is 5.97 Å². The molecule has 2 N–H and O–H groups in total. The van der Waals surface area contributed by atoms with Crippen molar-refractivity contribution in [1.29, 1.82) is 0 Å². The summed E-state index contributed by atoms with van der Waals surface area (Å²) in [7, 11) is 1.64. The van der Waals surface area contributed by atoms with E-state index >= 15 is 0 Å². The van der Waals surface area contributed by atoms with Gasteiger partial charge in [0.25, 0.3) is 0 Å². The van der Waals surface area contributed by atoms with Gasteiger partial charge < -0.3 is 15.2 Å². The highest BCUT2D eigenvalue weighted by Crippen LogP contribution is 2.32. The van der Waals surface area contributed by atoms with E-state index in [1.54, 1.807) is 19.2 Å². The predicted molar refractivity (Wildman–Crippen MR) is 73.4 cm³/mol. The van der Waals surface area contributed by atoms with Gasteiger partial charge in [0.2, 0.25) is 0 Å². The van der Waals surface area contributed by atoms with Crippen LogP contribution in [-0.2, 0) is 4.79 Å². The van der Waals surface area contributed by atoms with Crippen LogP contribution in [0.2, 0.25) is 0 Å². The minimum Gasteiger partial charge on any atom is -0.487 e. The van der Waals surface area contributed by atoms with E-state index in [4.69, 9.17) is 4.74 Å². The minimum atomic E-state index is -0.969. The predicted octanol–water partition coefficient (Wildman–Crippen LogP) is 2.50. The maximum atomic E-state index is 13.7. The first-order valence-electron chi connectivity index (χ1n) is 6.82. The van der Waals surface area contributed by atoms with Crippen LogP contribution in [-0.4, -0.2) is 29.8 Å². The average molecular weight is 281 g/mol. The Labute approximate surface area is 117 Å². The molecular weight excluding hydrogens is 261 g/mol. The lowest BCUT2D eigenvalue weighted by molar-refractivity contribution is -0.147. The third-order valence-corrected chi connectivity index (χ3v) is 3.97. The third-order valence-electron chi connectivity index (χ3n) is 3.97. The Hall–Kier alpha value is -1.62. The summed E-state index contributed by atoms with van der Waals surface area (Å²) in [5.41, 5.74) is -0.0567. The molecule has 1 aliphatic rings. The van der Waals surface area contributed by atoms with Crippen LogP contribution in [0.5, 0.6) is 5.75 Å². The first kappa shape index (κ1) is 14.8. The Morgan fingerprint density at radius 2 is 2.30 bits per heavy atom. The summed E-state index contributed by atoms with van der Waals surface area (Å²) >= 11 is 0. The minimum absolute atomic E-state index is 0.201. The van der Waals surface area contributed by atoms with Gasteiger partial charge in [0.15, 0.2) is 11.6 Å². The second-order valence-corrected chi connectivity index (χ2v) is 5.41. The summed E-state index contributed by atoms with van der Waals surface area (Å²) in [6.07, 6.45) is 2.10. The number of hydrogen-bond acceptors (Lipinski definition) is 3. The third kappa shape index (κ3) is 2.93. The number of aliphatic carboxylic acids is 1. The molecule has 1 fully saturated rings. The first-order chi connectivity index (χ1) is 9.47. The molecule has 0 amide bonds. The van der Waals surface area contributed by atoms with Crippen LogP contribution in [0.3, 0.4) is 0 Å². The second kappa shape index (κ2) is 5.79. The summed E-state index contributed by atoms with van der Waals surface area (Å²) in [6, 6.07) is 4.69. The molecule has 0 radical (unpaired) electrons. The smallest absolute Gasteiger partial charge is 0.324 e. The normalized spacial score (nSPS) is 26.2. The van der Waals surface area contributed by atoms with E-state index in [1.807, 2.05) is 6.92 Å². The Morgan fingerprint density at radius 1 is 1.55 bits per heavy atom. The van der Waals surface area contributed by atoms with Crippen molar-refractivity contribution in [3.8, 4) is 5.75 Å². The van der Waals surface area contributed by atoms with Gasteiger partial charge in [0.05, 0.1) is 0 Å². The van der Waals surface area contributed by atoms with Crippen LogP contribution in [0.25, 0.3) is 0 Å². The first-order valence-corrected chi connectivity index (χ1v) is 6.82. The number of likely N-dealkylation sites (N-methyl/N-ethyl adjacent to an activating group) is 1. The Kier molecular flexibility index (Phi) is 4.28. The van der Waals surface area contributed by atoms with Crippen molar-refractivity contribution in [1.82, 2.24) is 5.32 Å². The lowest BCUT2D eigenvalue weighted by atomic mass is 9.80. The van der Waals surface area contributed by atoms with Crippen LogP contribution >= 0.6 is 0 Å². The van der Waals surface area contributed by atoms with Crippen LogP contribution in [0.15, 0.2) is 18.2 Å². The number of ether oxygens (including phenoxy) is 1. The molecule has 0 aromatic heterocycles. The summed E-state index contributed by atoms with van der Waals surface area (Å²) in [5.74, 6) is -1.09. The molecular formula is C15H20FNO3. The molecule has 2 unspecified atom stereocenters. The number of carboxylic acids is 1. The molecule has 1 aliphatic carbocycles. The molecule has 5 heteroatoms. The molecule has 1 saturated carbocycles. The highest BCUT2D eigenvalue weighted by molar-refractivity contribution is 5.79. The average Bonchev–Trinajstić information content (AvgIpc) is 2.43. The number of benzene rings is 1. The monoisotopic (exact) mass is 281 g/mol. The van der Waals surface area contributed by atoms with Gasteiger partial charge in [-0.15, -0.1) is 0 Å². The van der Waals surface area contributed by atoms with Crippen molar-refractivity contribution < 1.29 is 19.0 Å². The van der Waals surface area contributed by atoms with Crippen LogP contribution in [0.1, 0.15) is 31.2 Å². The fourth-order valence-corrected chi connectivity index (χ4v) is 2.73. The zero-order valence-electron chi connectivity index (χ0n) is 11.8. The Balaban J connectivity index is 2.13. The van der Waals surface area contributed by atoms with Crippen LogP contribution in [0, 0.1) is 12.7 Å². The summed E-state index contributed by atoms with van der Waals surface area (Å²) in [4.78, 5) is 11.4. The second-order valence-electron chi connectivity index (χ2n) is 5.41. The van der Waals surface area contributed by atoms with Crippen molar-refractivity contribution >= 4 is 5.97 Å². The number of halogens is 1. The fourth-order valence-electron chi connectivity index (χ4n) is 2.73. The van der Waals surface area contributed by atoms with Crippen LogP contribution in [0.4, 0.5) is 4.39 Å². The van der Waals surface area contributed by atoms with Gasteiger partial charge in [0, 0.05) is 6.42 Å². The van der Waals surface area contributed by atoms with Crippen molar-refractivity contribution in [2.45, 2.75) is 44.2 Å². The SMILES string of the molecule is CNC1(C(=O)O)CCCC(Oc2cc(C)ccc2F)C1. The number of rotatable bonds is 4. The maximum absolute atomic E-state index is 13.7. The maximum Gasteiger partial charge on any atom is 0.324 e. The topological polar surface area (TPSA) is 58.6 Å². The van der Waals surface area contributed by atoms with Crippen molar-refractivity contribution in [3.05, 3.63) is 29.6 Å². The molecule has 110 valence electrons. The number of nitrogens with one attached hydrogen (secondary N) is 1. The largest absolute Gasteiger partial charge is 0.487 e. The van der Waals surface area contributed by atoms with Crippen molar-refractivity contribution in [2.24, 2.45) is 0 Å². The molecule has 4 nitrogen and oxygen atoms in total. The van der Waals surface area contributed by atoms with Gasteiger partial charge in [-0.1, -0.05) is 6.07 Å². The fraction of sp³-hybridized carbons (Fsp3) is 0.533. The summed E-state index contributed by atoms with van der Waals surface area (Å²) < 4.78 is 19.4. The number of hydrogen-bond donors (Lipinski definition) is 2. The molecule has 20 heavy (non-hydrogen) atoms. The zero-order valence-corrected chi connectivity index (χ0v) is 11.8. The molecule has 0 heterocycles. The Morgan fingerprint density at radius 3 is 2.95 bits per heavy atom. The van der Waals surface area contributed by atoms with E-state index in [2.05, 4.69) is 5.32 Å². The van der Waals surface area contributed by atoms with E-state index in [0.717, 1.165) is 18.4 Å². The number of carbonyl (C=O) groups is 1. The van der Waals surface area contributed by atoms with Gasteiger partial charge in [-0.3, -0.25) is 4.79 Å². The lowest BCUT2D eigenvalue weighted by Gasteiger charge is -2.37. The molecule has 0 aliphatic heterocycles. The van der Waals surface area contributed by atoms with Gasteiger partial charge in [-0.25, -0.2) is 4.39 Å². The highest BCUT2D eigenvalue weighted by atomic mass is 19.1. The van der Waals surface area contributed by atoms with Crippen molar-refractivity contribution in [2.75, 3.05) is 7.05 Å². The van der Waals surface area contributed by atoms with E-state index < -0.39 is 17.3 Å². The highest BCUT2D eigenvalue weighted by Gasteiger charge is 2.42. The molecule has 0 saturated heterocycles. The summed E-state index contributed by atoms with van der Waals surface area (Å²) in [5, 5.41) is 12.3. The van der Waals surface area contributed by atoms with E-state index in [0.29, 0.717) is 12.8 Å². The van der Waals surface area contributed by atoms with Crippen molar-refractivity contribution in [3.63, 3.8) is 0 Å². The molecule has 0 spiro atoms. The number of aryl methyl sites for hydroxylation is 1. The Bertz CT molecular complexity index is 506. The lowest BCUT2D eigenvalue weighted by Crippen LogP contribution is -2.55. The molecule has 1 aromatic rings. The molecule has 2 rings (SSSR count). The zero-order chi connectivity index (χ0) is 14.8. The summed E-state index contributed by atoms with van der Waals surface area (Å²) in [6.45, 7) is 1.86. The quantitative estimate of drug-likeness (QED) is 0.890. The van der Waals surface area contributed by atoms with E-state index in [1.165, 1.54) is 6.07 Å². The van der Waals surface area contributed by atoms with Gasteiger partial charge in [-0.2, -0.15) is 0 Å². The van der Waals surface area contributed by atoms with E-state index in [-0.39, 0.29) is 11.9 Å². The number of carboxylic acid groups (broad SMARTS) is 1. The molecule has 1 aromatic carbocycles. The van der Waals surface area contributed by atoms with E-state index in [9.17, 15) is 14.3 Å². The standard InChI is InChI=1S/C15H20FNO3/c1-10-5-6-12(16)13(8-10)20-11-4-3-7-15(9-11,17-2)14(18)19/h5-6,8,11,17H,3-4,7,9H2,1-2H3,(H,18,19).